The Labute approximate surface area is 131 Å². The molecule has 3 N–H and O–H groups in total. The van der Waals surface area contributed by atoms with Crippen molar-refractivity contribution < 1.29 is 9.94 Å². The summed E-state index contributed by atoms with van der Waals surface area (Å²) in [6, 6.07) is 13.8. The molecule has 0 spiro atoms. The molecule has 0 aliphatic carbocycles. The molecule has 0 heterocycles. The van der Waals surface area contributed by atoms with Crippen LogP contribution in [0.5, 0.6) is 5.75 Å². The predicted molar refractivity (Wildman–Crippen MR) is 88.6 cm³/mol. The Hall–Kier alpha value is -2.49. The van der Waals surface area contributed by atoms with Crippen molar-refractivity contribution in [3.05, 3.63) is 64.7 Å². The monoisotopic (exact) mass is 298 g/mol. The highest BCUT2D eigenvalue weighted by atomic mass is 16.5. The molecule has 0 aromatic heterocycles. The van der Waals surface area contributed by atoms with Crippen LogP contribution in [-0.2, 0) is 6.61 Å². The lowest BCUT2D eigenvalue weighted by molar-refractivity contribution is 0.301. The largest absolute Gasteiger partial charge is 0.489 e. The summed E-state index contributed by atoms with van der Waals surface area (Å²) < 4.78 is 5.99. The minimum absolute atomic E-state index is 0.0975. The Morgan fingerprint density at radius 2 is 2.00 bits per heavy atom. The normalized spacial score (nSPS) is 11.7. The Balaban J connectivity index is 2.18. The predicted octanol–water partition coefficient (Wildman–Crippen LogP) is 3.79. The molecule has 0 saturated carbocycles. The molecule has 2 aromatic rings. The maximum absolute atomic E-state index is 8.75. The number of hydrogen-bond donors (Lipinski definition) is 2. The minimum atomic E-state index is 0.0975. The van der Waals surface area contributed by atoms with Crippen molar-refractivity contribution in [2.75, 3.05) is 0 Å². The maximum Gasteiger partial charge on any atom is 0.170 e. The Bertz CT molecular complexity index is 679. The van der Waals surface area contributed by atoms with E-state index >= 15 is 0 Å². The van der Waals surface area contributed by atoms with Crippen LogP contribution in [0.1, 0.15) is 42.0 Å². The number of rotatable bonds is 5. The summed E-state index contributed by atoms with van der Waals surface area (Å²) in [7, 11) is 0. The van der Waals surface area contributed by atoms with Crippen molar-refractivity contribution in [1.29, 1.82) is 0 Å². The van der Waals surface area contributed by atoms with Crippen LogP contribution in [0.3, 0.4) is 0 Å². The Kier molecular flexibility index (Phi) is 5.04. The first-order chi connectivity index (χ1) is 10.5. The second-order valence-corrected chi connectivity index (χ2v) is 5.67. The molecule has 4 nitrogen and oxygen atoms in total. The number of nitrogens with zero attached hydrogens (tertiary/aromatic N) is 1. The number of nitrogens with two attached hydrogens (primary N) is 1. The molecule has 4 heteroatoms. The highest BCUT2D eigenvalue weighted by Crippen LogP contribution is 2.28. The fraction of sp³-hybridized carbons (Fsp3) is 0.278. The highest BCUT2D eigenvalue weighted by Gasteiger charge is 2.09. The zero-order valence-corrected chi connectivity index (χ0v) is 13.2. The molecule has 22 heavy (non-hydrogen) atoms. The Morgan fingerprint density at radius 3 is 2.68 bits per heavy atom. The molecule has 0 amide bonds. The first-order valence-corrected chi connectivity index (χ1v) is 7.31. The second kappa shape index (κ2) is 6.98. The number of ether oxygens (including phenoxy) is 1. The SMILES string of the molecule is Cc1ccc(C(C)C)c(OCc2cccc(/C(N)=N/O)c2)c1. The third-order valence-electron chi connectivity index (χ3n) is 3.52. The number of hydrogen-bond acceptors (Lipinski definition) is 3. The molecule has 2 rings (SSSR count). The molecule has 116 valence electrons. The van der Waals surface area contributed by atoms with Gasteiger partial charge in [-0.1, -0.05) is 49.3 Å². The van der Waals surface area contributed by atoms with E-state index in [4.69, 9.17) is 15.7 Å². The summed E-state index contributed by atoms with van der Waals surface area (Å²) in [5.41, 5.74) is 9.63. The van der Waals surface area contributed by atoms with Gasteiger partial charge in [-0.3, -0.25) is 0 Å². The summed E-state index contributed by atoms with van der Waals surface area (Å²) in [5, 5.41) is 11.8. The summed E-state index contributed by atoms with van der Waals surface area (Å²) >= 11 is 0. The standard InChI is InChI=1S/C18H22N2O2/c1-12(2)16-8-7-13(3)9-17(16)22-11-14-5-4-6-15(10-14)18(19)20-21/h4-10,12,21H,11H2,1-3H3,(H2,19,20). The van der Waals surface area contributed by atoms with E-state index in [1.807, 2.05) is 18.2 Å². The molecule has 0 saturated heterocycles. The smallest absolute Gasteiger partial charge is 0.170 e. The van der Waals surface area contributed by atoms with Crippen LogP contribution in [0, 0.1) is 6.92 Å². The first kappa shape index (κ1) is 15.9. The summed E-state index contributed by atoms with van der Waals surface area (Å²) in [5.74, 6) is 1.41. The maximum atomic E-state index is 8.75. The molecular weight excluding hydrogens is 276 g/mol. The van der Waals surface area contributed by atoms with E-state index < -0.39 is 0 Å². The average Bonchev–Trinajstić information content (AvgIpc) is 2.52. The topological polar surface area (TPSA) is 67.8 Å². The van der Waals surface area contributed by atoms with E-state index in [0.29, 0.717) is 18.1 Å². The van der Waals surface area contributed by atoms with Crippen molar-refractivity contribution in [3.8, 4) is 5.75 Å². The molecule has 2 aromatic carbocycles. The lowest BCUT2D eigenvalue weighted by Gasteiger charge is -2.15. The third kappa shape index (κ3) is 3.79. The number of oxime groups is 1. The lowest BCUT2D eigenvalue weighted by atomic mass is 10.0. The van der Waals surface area contributed by atoms with Crippen molar-refractivity contribution >= 4 is 5.84 Å². The van der Waals surface area contributed by atoms with E-state index in [1.165, 1.54) is 11.1 Å². The van der Waals surface area contributed by atoms with Crippen molar-refractivity contribution in [2.24, 2.45) is 10.9 Å². The van der Waals surface area contributed by atoms with E-state index in [9.17, 15) is 0 Å². The van der Waals surface area contributed by atoms with Gasteiger partial charge in [-0.25, -0.2) is 0 Å². The minimum Gasteiger partial charge on any atom is -0.489 e. The van der Waals surface area contributed by atoms with Crippen LogP contribution >= 0.6 is 0 Å². The third-order valence-corrected chi connectivity index (χ3v) is 3.52. The van der Waals surface area contributed by atoms with Gasteiger partial charge in [0.1, 0.15) is 12.4 Å². The van der Waals surface area contributed by atoms with Crippen molar-refractivity contribution in [1.82, 2.24) is 0 Å². The van der Waals surface area contributed by atoms with Gasteiger partial charge in [-0.05, 0) is 41.7 Å². The fourth-order valence-corrected chi connectivity index (χ4v) is 2.28. The average molecular weight is 298 g/mol. The zero-order valence-electron chi connectivity index (χ0n) is 13.2. The molecule has 0 unspecified atom stereocenters. The van der Waals surface area contributed by atoms with Gasteiger partial charge in [-0.2, -0.15) is 0 Å². The number of benzene rings is 2. The van der Waals surface area contributed by atoms with Crippen LogP contribution in [0.2, 0.25) is 0 Å². The second-order valence-electron chi connectivity index (χ2n) is 5.67. The van der Waals surface area contributed by atoms with E-state index in [1.54, 1.807) is 6.07 Å². The van der Waals surface area contributed by atoms with E-state index in [2.05, 4.69) is 44.1 Å². The molecule has 0 aliphatic rings. The molecule has 0 aliphatic heterocycles. The van der Waals surface area contributed by atoms with Gasteiger partial charge in [0.15, 0.2) is 5.84 Å². The van der Waals surface area contributed by atoms with Gasteiger partial charge in [0.25, 0.3) is 0 Å². The molecule has 0 atom stereocenters. The van der Waals surface area contributed by atoms with Crippen LogP contribution in [0.15, 0.2) is 47.6 Å². The summed E-state index contributed by atoms with van der Waals surface area (Å²) in [6.07, 6.45) is 0. The zero-order chi connectivity index (χ0) is 16.1. The van der Waals surface area contributed by atoms with Crippen LogP contribution in [0.4, 0.5) is 0 Å². The van der Waals surface area contributed by atoms with Gasteiger partial charge >= 0.3 is 0 Å². The Morgan fingerprint density at radius 1 is 1.23 bits per heavy atom. The van der Waals surface area contributed by atoms with Gasteiger partial charge in [0.05, 0.1) is 0 Å². The van der Waals surface area contributed by atoms with E-state index in [-0.39, 0.29) is 5.84 Å². The summed E-state index contributed by atoms with van der Waals surface area (Å²) in [6.45, 7) is 6.79. The van der Waals surface area contributed by atoms with Crippen molar-refractivity contribution in [2.45, 2.75) is 33.3 Å². The van der Waals surface area contributed by atoms with Gasteiger partial charge in [-0.15, -0.1) is 0 Å². The lowest BCUT2D eigenvalue weighted by Crippen LogP contribution is -2.13. The quantitative estimate of drug-likeness (QED) is 0.382. The molecule has 0 radical (unpaired) electrons. The van der Waals surface area contributed by atoms with Gasteiger partial charge in [0, 0.05) is 5.56 Å². The fourth-order valence-electron chi connectivity index (χ4n) is 2.28. The van der Waals surface area contributed by atoms with E-state index in [0.717, 1.165) is 11.3 Å². The highest BCUT2D eigenvalue weighted by molar-refractivity contribution is 5.97. The number of amidine groups is 1. The van der Waals surface area contributed by atoms with Crippen LogP contribution in [0.25, 0.3) is 0 Å². The molecule has 0 fully saturated rings. The van der Waals surface area contributed by atoms with Crippen LogP contribution in [-0.4, -0.2) is 11.0 Å². The molecule has 0 bridgehead atoms. The van der Waals surface area contributed by atoms with Gasteiger partial charge < -0.3 is 15.7 Å². The summed E-state index contributed by atoms with van der Waals surface area (Å²) in [4.78, 5) is 0. The van der Waals surface area contributed by atoms with Crippen LogP contribution < -0.4 is 10.5 Å². The van der Waals surface area contributed by atoms with Gasteiger partial charge in [0.2, 0.25) is 0 Å². The number of aryl methyl sites for hydroxylation is 1. The van der Waals surface area contributed by atoms with Crippen molar-refractivity contribution in [3.63, 3.8) is 0 Å². The molecular formula is C18H22N2O2. The first-order valence-electron chi connectivity index (χ1n) is 7.31.